The van der Waals surface area contributed by atoms with Gasteiger partial charge in [0.15, 0.2) is 28.9 Å². The molecule has 0 spiro atoms. The predicted octanol–water partition coefficient (Wildman–Crippen LogP) is 5.75. The van der Waals surface area contributed by atoms with Gasteiger partial charge in [-0.05, 0) is 36.8 Å². The van der Waals surface area contributed by atoms with Crippen LogP contribution in [0.1, 0.15) is 15.9 Å². The van der Waals surface area contributed by atoms with Gasteiger partial charge in [0.1, 0.15) is 11.1 Å². The minimum absolute atomic E-state index is 0.0288. The maximum absolute atomic E-state index is 13.8. The second-order valence-corrected chi connectivity index (χ2v) is 6.42. The number of carbonyl (C=O) groups excluding carboxylic acids is 1. The molecule has 152 valence electrons. The largest absolute Gasteiger partial charge is 0.436 e. The summed E-state index contributed by atoms with van der Waals surface area (Å²) in [7, 11) is 0. The summed E-state index contributed by atoms with van der Waals surface area (Å²) in [6.07, 6.45) is 0. The van der Waals surface area contributed by atoms with E-state index in [-0.39, 0.29) is 5.69 Å². The first kappa shape index (κ1) is 19.6. The van der Waals surface area contributed by atoms with Gasteiger partial charge >= 0.3 is 0 Å². The van der Waals surface area contributed by atoms with Crippen LogP contribution in [0.25, 0.3) is 22.6 Å². The Labute approximate surface area is 166 Å². The summed E-state index contributed by atoms with van der Waals surface area (Å²) in [4.78, 5) is 16.5. The third-order valence-corrected chi connectivity index (χ3v) is 4.46. The van der Waals surface area contributed by atoms with Gasteiger partial charge in [-0.3, -0.25) is 4.79 Å². The number of aryl methyl sites for hydroxylation is 1. The number of nitrogens with zero attached hydrogens (tertiary/aromatic N) is 1. The number of aromatic nitrogens is 1. The van der Waals surface area contributed by atoms with Crippen LogP contribution in [-0.2, 0) is 0 Å². The molecule has 0 unspecified atom stereocenters. The van der Waals surface area contributed by atoms with E-state index in [0.29, 0.717) is 17.0 Å². The molecule has 30 heavy (non-hydrogen) atoms. The number of nitrogens with one attached hydrogen (secondary N) is 1. The summed E-state index contributed by atoms with van der Waals surface area (Å²) < 4.78 is 73.2. The Balaban J connectivity index is 1.69. The molecule has 1 N–H and O–H groups in total. The Morgan fingerprint density at radius 1 is 0.900 bits per heavy atom. The van der Waals surface area contributed by atoms with E-state index in [2.05, 4.69) is 10.3 Å². The number of fused-ring (bicyclic) bond motifs is 1. The number of rotatable bonds is 3. The molecule has 0 saturated carbocycles. The number of anilines is 1. The quantitative estimate of drug-likeness (QED) is 0.262. The molecule has 3 aromatic carbocycles. The number of oxazole rings is 1. The lowest BCUT2D eigenvalue weighted by Crippen LogP contribution is -2.19. The van der Waals surface area contributed by atoms with Crippen LogP contribution in [-0.4, -0.2) is 10.9 Å². The fourth-order valence-corrected chi connectivity index (χ4v) is 2.93. The summed E-state index contributed by atoms with van der Waals surface area (Å²) in [6.45, 7) is 1.87. The fourth-order valence-electron chi connectivity index (χ4n) is 2.93. The first-order valence-corrected chi connectivity index (χ1v) is 8.57. The number of hydrogen-bond donors (Lipinski definition) is 1. The van der Waals surface area contributed by atoms with Crippen LogP contribution in [0.4, 0.5) is 27.6 Å². The Kier molecular flexibility index (Phi) is 4.73. The van der Waals surface area contributed by atoms with Crippen molar-refractivity contribution in [1.29, 1.82) is 0 Å². The molecular weight excluding hydrogens is 407 g/mol. The van der Waals surface area contributed by atoms with Crippen molar-refractivity contribution in [2.45, 2.75) is 6.92 Å². The highest BCUT2D eigenvalue weighted by Crippen LogP contribution is 2.29. The van der Waals surface area contributed by atoms with Gasteiger partial charge in [0, 0.05) is 11.3 Å². The fraction of sp³-hybridized carbons (Fsp3) is 0.0476. The maximum atomic E-state index is 13.8. The highest BCUT2D eigenvalue weighted by molar-refractivity contribution is 6.05. The van der Waals surface area contributed by atoms with Crippen molar-refractivity contribution in [3.05, 3.63) is 82.7 Å². The lowest BCUT2D eigenvalue weighted by atomic mass is 10.1. The van der Waals surface area contributed by atoms with E-state index in [1.54, 1.807) is 0 Å². The first-order valence-electron chi connectivity index (χ1n) is 8.57. The van der Waals surface area contributed by atoms with Gasteiger partial charge in [-0.2, -0.15) is 0 Å². The van der Waals surface area contributed by atoms with E-state index in [4.69, 9.17) is 4.42 Å². The molecule has 0 fully saturated rings. The minimum Gasteiger partial charge on any atom is -0.436 e. The first-order chi connectivity index (χ1) is 14.3. The second kappa shape index (κ2) is 7.25. The van der Waals surface area contributed by atoms with Crippen LogP contribution in [0.5, 0.6) is 0 Å². The van der Waals surface area contributed by atoms with E-state index in [0.717, 1.165) is 11.1 Å². The number of benzene rings is 3. The lowest BCUT2D eigenvalue weighted by molar-refractivity contribution is 0.101. The zero-order valence-corrected chi connectivity index (χ0v) is 15.2. The molecule has 0 aliphatic carbocycles. The van der Waals surface area contributed by atoms with E-state index in [9.17, 15) is 26.7 Å². The Morgan fingerprint density at radius 2 is 1.53 bits per heavy atom. The van der Waals surface area contributed by atoms with Crippen molar-refractivity contribution >= 4 is 22.7 Å². The summed E-state index contributed by atoms with van der Waals surface area (Å²) in [5.41, 5.74) is 0.823. The lowest BCUT2D eigenvalue weighted by Gasteiger charge is -2.09. The van der Waals surface area contributed by atoms with Crippen LogP contribution >= 0.6 is 0 Å². The molecule has 0 aliphatic rings. The number of halogens is 5. The molecule has 1 heterocycles. The number of carbonyl (C=O) groups is 1. The van der Waals surface area contributed by atoms with Crippen molar-refractivity contribution in [2.24, 2.45) is 0 Å². The van der Waals surface area contributed by atoms with Gasteiger partial charge < -0.3 is 9.73 Å². The molecule has 1 aromatic heterocycles. The molecule has 4 rings (SSSR count). The predicted molar refractivity (Wildman–Crippen MR) is 98.4 cm³/mol. The number of hydrogen-bond acceptors (Lipinski definition) is 3. The highest BCUT2D eigenvalue weighted by Gasteiger charge is 2.29. The van der Waals surface area contributed by atoms with Gasteiger partial charge in [0.2, 0.25) is 11.7 Å². The van der Waals surface area contributed by atoms with Gasteiger partial charge in [-0.1, -0.05) is 18.2 Å². The average molecular weight is 418 g/mol. The molecule has 4 aromatic rings. The van der Waals surface area contributed by atoms with Crippen molar-refractivity contribution in [2.75, 3.05) is 5.32 Å². The van der Waals surface area contributed by atoms with Gasteiger partial charge in [0.05, 0.1) is 0 Å². The molecule has 9 heteroatoms. The molecule has 0 bridgehead atoms. The van der Waals surface area contributed by atoms with Crippen molar-refractivity contribution in [3.8, 4) is 11.5 Å². The van der Waals surface area contributed by atoms with Crippen molar-refractivity contribution in [1.82, 2.24) is 4.98 Å². The summed E-state index contributed by atoms with van der Waals surface area (Å²) in [5, 5.41) is 2.11. The Hall–Kier alpha value is -3.75. The average Bonchev–Trinajstić information content (AvgIpc) is 3.14. The van der Waals surface area contributed by atoms with Gasteiger partial charge in [0.25, 0.3) is 5.91 Å². The third kappa shape index (κ3) is 3.18. The zero-order chi connectivity index (χ0) is 21.6. The molecule has 0 saturated heterocycles. The molecular formula is C21H11F5N2O2. The summed E-state index contributed by atoms with van der Waals surface area (Å²) in [5.74, 6) is -12.3. The zero-order valence-electron chi connectivity index (χ0n) is 15.2. The Morgan fingerprint density at radius 3 is 2.20 bits per heavy atom. The van der Waals surface area contributed by atoms with Gasteiger partial charge in [-0.15, -0.1) is 0 Å². The monoisotopic (exact) mass is 418 g/mol. The highest BCUT2D eigenvalue weighted by atomic mass is 19.2. The van der Waals surface area contributed by atoms with E-state index in [1.165, 1.54) is 18.2 Å². The SMILES string of the molecule is Cc1ccccc1-c1nc2cc(NC(=O)c3c(F)c(F)c(F)c(F)c3F)ccc2o1. The number of amides is 1. The van der Waals surface area contributed by atoms with Crippen LogP contribution < -0.4 is 5.32 Å². The normalized spacial score (nSPS) is 11.1. The van der Waals surface area contributed by atoms with E-state index >= 15 is 0 Å². The van der Waals surface area contributed by atoms with Crippen LogP contribution in [0.3, 0.4) is 0 Å². The van der Waals surface area contributed by atoms with E-state index < -0.39 is 40.6 Å². The maximum Gasteiger partial charge on any atom is 0.261 e. The molecule has 0 atom stereocenters. The molecule has 0 radical (unpaired) electrons. The van der Waals surface area contributed by atoms with Crippen LogP contribution in [0, 0.1) is 36.0 Å². The Bertz CT molecular complexity index is 1290. The standard InChI is InChI=1S/C21H11F5N2O2/c1-9-4-2-3-5-11(9)21-28-12-8-10(6-7-13(12)30-21)27-20(29)14-15(22)17(24)19(26)18(25)16(14)23/h2-8H,1H3,(H,27,29). The minimum atomic E-state index is -2.34. The summed E-state index contributed by atoms with van der Waals surface area (Å²) in [6, 6.07) is 11.5. The van der Waals surface area contributed by atoms with Crippen LogP contribution in [0.2, 0.25) is 0 Å². The van der Waals surface area contributed by atoms with Crippen molar-refractivity contribution in [3.63, 3.8) is 0 Å². The second-order valence-electron chi connectivity index (χ2n) is 6.42. The van der Waals surface area contributed by atoms with E-state index in [1.807, 2.05) is 31.2 Å². The smallest absolute Gasteiger partial charge is 0.261 e. The van der Waals surface area contributed by atoms with Crippen molar-refractivity contribution < 1.29 is 31.2 Å². The topological polar surface area (TPSA) is 55.1 Å². The molecule has 4 nitrogen and oxygen atoms in total. The van der Waals surface area contributed by atoms with Crippen LogP contribution in [0.15, 0.2) is 46.9 Å². The molecule has 0 aliphatic heterocycles. The third-order valence-electron chi connectivity index (χ3n) is 4.46. The molecule has 1 amide bonds. The summed E-state index contributed by atoms with van der Waals surface area (Å²) >= 11 is 0. The van der Waals surface area contributed by atoms with Gasteiger partial charge in [-0.25, -0.2) is 26.9 Å².